The van der Waals surface area contributed by atoms with E-state index in [-0.39, 0.29) is 5.82 Å². The van der Waals surface area contributed by atoms with Gasteiger partial charge in [0.2, 0.25) is 0 Å². The molecular formula is C12H13ClFN3. The zero-order valence-electron chi connectivity index (χ0n) is 9.45. The molecule has 0 atom stereocenters. The minimum Gasteiger partial charge on any atom is -0.330 e. The summed E-state index contributed by atoms with van der Waals surface area (Å²) in [6.45, 7) is 2.33. The van der Waals surface area contributed by atoms with Gasteiger partial charge < -0.3 is 5.73 Å². The highest BCUT2D eigenvalue weighted by Gasteiger charge is 2.15. The van der Waals surface area contributed by atoms with Crippen LogP contribution in [0.4, 0.5) is 4.39 Å². The van der Waals surface area contributed by atoms with E-state index in [4.69, 9.17) is 17.3 Å². The number of para-hydroxylation sites is 1. The standard InChI is InChI=1S/C12H13ClFN3/c1-8-9(6-7-15)12(13)17(16-8)11-5-3-2-4-10(11)14/h2-5H,6-7,15H2,1H3. The van der Waals surface area contributed by atoms with E-state index in [2.05, 4.69) is 5.10 Å². The van der Waals surface area contributed by atoms with Crippen LogP contribution < -0.4 is 5.73 Å². The van der Waals surface area contributed by atoms with Crippen LogP contribution in [0.25, 0.3) is 5.69 Å². The number of hydrogen-bond donors (Lipinski definition) is 1. The van der Waals surface area contributed by atoms with Gasteiger partial charge in [-0.15, -0.1) is 0 Å². The lowest BCUT2D eigenvalue weighted by molar-refractivity contribution is 0.610. The molecule has 1 heterocycles. The summed E-state index contributed by atoms with van der Waals surface area (Å²) in [5, 5.41) is 4.68. The summed E-state index contributed by atoms with van der Waals surface area (Å²) in [5.74, 6) is -0.351. The van der Waals surface area contributed by atoms with Crippen molar-refractivity contribution in [3.63, 3.8) is 0 Å². The van der Waals surface area contributed by atoms with E-state index in [0.717, 1.165) is 11.3 Å². The number of aromatic nitrogens is 2. The van der Waals surface area contributed by atoms with Crippen molar-refractivity contribution >= 4 is 11.6 Å². The number of hydrogen-bond acceptors (Lipinski definition) is 2. The minimum atomic E-state index is -0.351. The van der Waals surface area contributed by atoms with Crippen molar-refractivity contribution in [2.45, 2.75) is 13.3 Å². The summed E-state index contributed by atoms with van der Waals surface area (Å²) >= 11 is 6.19. The fourth-order valence-corrected chi connectivity index (χ4v) is 2.10. The molecule has 17 heavy (non-hydrogen) atoms. The van der Waals surface area contributed by atoms with Crippen LogP contribution in [0.3, 0.4) is 0 Å². The molecule has 3 nitrogen and oxygen atoms in total. The molecule has 90 valence electrons. The van der Waals surface area contributed by atoms with E-state index < -0.39 is 0 Å². The highest BCUT2D eigenvalue weighted by Crippen LogP contribution is 2.24. The highest BCUT2D eigenvalue weighted by atomic mass is 35.5. The lowest BCUT2D eigenvalue weighted by Crippen LogP contribution is -2.04. The normalized spacial score (nSPS) is 10.8. The summed E-state index contributed by atoms with van der Waals surface area (Å²) in [6, 6.07) is 6.39. The molecule has 0 saturated carbocycles. The smallest absolute Gasteiger partial charge is 0.148 e. The van der Waals surface area contributed by atoms with Gasteiger partial charge in [-0.25, -0.2) is 9.07 Å². The van der Waals surface area contributed by atoms with Crippen LogP contribution in [0.15, 0.2) is 24.3 Å². The average Bonchev–Trinajstić information content (AvgIpc) is 2.58. The fraction of sp³-hybridized carbons (Fsp3) is 0.250. The van der Waals surface area contributed by atoms with Crippen LogP contribution in [0.1, 0.15) is 11.3 Å². The van der Waals surface area contributed by atoms with E-state index in [1.165, 1.54) is 10.7 Å². The van der Waals surface area contributed by atoms with Crippen LogP contribution in [-0.4, -0.2) is 16.3 Å². The summed E-state index contributed by atoms with van der Waals surface area (Å²) in [6.07, 6.45) is 0.638. The Morgan fingerprint density at radius 1 is 1.41 bits per heavy atom. The monoisotopic (exact) mass is 253 g/mol. The molecule has 0 radical (unpaired) electrons. The first-order chi connectivity index (χ1) is 8.15. The maximum absolute atomic E-state index is 13.6. The molecule has 5 heteroatoms. The summed E-state index contributed by atoms with van der Waals surface area (Å²) in [7, 11) is 0. The van der Waals surface area contributed by atoms with Gasteiger partial charge in [0.05, 0.1) is 5.69 Å². The molecule has 0 saturated heterocycles. The van der Waals surface area contributed by atoms with Gasteiger partial charge >= 0.3 is 0 Å². The van der Waals surface area contributed by atoms with Crippen LogP contribution in [0.2, 0.25) is 5.15 Å². The van der Waals surface area contributed by atoms with Crippen LogP contribution in [0.5, 0.6) is 0 Å². The van der Waals surface area contributed by atoms with Gasteiger partial charge in [0, 0.05) is 5.56 Å². The Hall–Kier alpha value is -1.39. The first kappa shape index (κ1) is 12.1. The maximum atomic E-state index is 13.6. The maximum Gasteiger partial charge on any atom is 0.148 e. The van der Waals surface area contributed by atoms with Crippen molar-refractivity contribution < 1.29 is 4.39 Å². The molecule has 2 N–H and O–H groups in total. The van der Waals surface area contributed by atoms with Crippen molar-refractivity contribution in [2.75, 3.05) is 6.54 Å². The van der Waals surface area contributed by atoms with Gasteiger partial charge in [-0.3, -0.25) is 0 Å². The Bertz CT molecular complexity index is 537. The minimum absolute atomic E-state index is 0.351. The first-order valence-corrected chi connectivity index (χ1v) is 5.72. The van der Waals surface area contributed by atoms with Crippen molar-refractivity contribution in [1.82, 2.24) is 9.78 Å². The lowest BCUT2D eigenvalue weighted by Gasteiger charge is -2.04. The van der Waals surface area contributed by atoms with Crippen LogP contribution >= 0.6 is 11.6 Å². The van der Waals surface area contributed by atoms with E-state index >= 15 is 0 Å². The van der Waals surface area contributed by atoms with E-state index in [9.17, 15) is 4.39 Å². The van der Waals surface area contributed by atoms with Crippen molar-refractivity contribution in [3.05, 3.63) is 46.5 Å². The number of aryl methyl sites for hydroxylation is 1. The van der Waals surface area contributed by atoms with Gasteiger partial charge in [0.15, 0.2) is 0 Å². The lowest BCUT2D eigenvalue weighted by atomic mass is 10.2. The molecular weight excluding hydrogens is 241 g/mol. The number of nitrogens with zero attached hydrogens (tertiary/aromatic N) is 2. The molecule has 1 aromatic carbocycles. The molecule has 2 rings (SSSR count). The Balaban J connectivity index is 2.54. The molecule has 0 bridgehead atoms. The molecule has 0 aliphatic rings. The van der Waals surface area contributed by atoms with E-state index in [1.807, 2.05) is 6.92 Å². The zero-order valence-corrected chi connectivity index (χ0v) is 10.2. The molecule has 1 aromatic heterocycles. The second-order valence-electron chi connectivity index (χ2n) is 3.76. The molecule has 0 fully saturated rings. The Morgan fingerprint density at radius 3 is 2.76 bits per heavy atom. The second kappa shape index (κ2) is 4.85. The Morgan fingerprint density at radius 2 is 2.12 bits per heavy atom. The van der Waals surface area contributed by atoms with Gasteiger partial charge in [0.1, 0.15) is 16.7 Å². The van der Waals surface area contributed by atoms with Gasteiger partial charge in [-0.2, -0.15) is 5.10 Å². The predicted octanol–water partition coefficient (Wildman–Crippen LogP) is 2.47. The summed E-state index contributed by atoms with van der Waals surface area (Å²) in [4.78, 5) is 0. The van der Waals surface area contributed by atoms with Crippen molar-refractivity contribution in [1.29, 1.82) is 0 Å². The van der Waals surface area contributed by atoms with Crippen LogP contribution in [0, 0.1) is 12.7 Å². The SMILES string of the molecule is Cc1nn(-c2ccccc2F)c(Cl)c1CCN. The zero-order chi connectivity index (χ0) is 12.4. The third-order valence-corrected chi connectivity index (χ3v) is 2.98. The largest absolute Gasteiger partial charge is 0.330 e. The summed E-state index contributed by atoms with van der Waals surface area (Å²) in [5.41, 5.74) is 7.51. The second-order valence-corrected chi connectivity index (χ2v) is 4.11. The van der Waals surface area contributed by atoms with Gasteiger partial charge in [-0.05, 0) is 32.0 Å². The molecule has 0 spiro atoms. The quantitative estimate of drug-likeness (QED) is 0.913. The summed E-state index contributed by atoms with van der Waals surface area (Å²) < 4.78 is 15.1. The van der Waals surface area contributed by atoms with Gasteiger partial charge in [-0.1, -0.05) is 23.7 Å². The average molecular weight is 254 g/mol. The van der Waals surface area contributed by atoms with E-state index in [1.54, 1.807) is 18.2 Å². The van der Waals surface area contributed by atoms with Gasteiger partial charge in [0.25, 0.3) is 0 Å². The molecule has 0 unspecified atom stereocenters. The number of rotatable bonds is 3. The van der Waals surface area contributed by atoms with Crippen molar-refractivity contribution in [3.8, 4) is 5.69 Å². The van der Waals surface area contributed by atoms with Crippen molar-refractivity contribution in [2.24, 2.45) is 5.73 Å². The topological polar surface area (TPSA) is 43.8 Å². The number of benzene rings is 1. The van der Waals surface area contributed by atoms with E-state index in [0.29, 0.717) is 23.8 Å². The fourth-order valence-electron chi connectivity index (χ4n) is 1.74. The van der Waals surface area contributed by atoms with Crippen LogP contribution in [-0.2, 0) is 6.42 Å². The number of halogens is 2. The number of nitrogens with two attached hydrogens (primary N) is 1. The molecule has 0 amide bonds. The Kier molecular flexibility index (Phi) is 3.45. The predicted molar refractivity (Wildman–Crippen MR) is 66.0 cm³/mol. The highest BCUT2D eigenvalue weighted by molar-refractivity contribution is 6.30. The third kappa shape index (κ3) is 2.18. The molecule has 0 aliphatic heterocycles. The third-order valence-electron chi connectivity index (χ3n) is 2.60. The first-order valence-electron chi connectivity index (χ1n) is 5.34. The molecule has 0 aliphatic carbocycles. The molecule has 2 aromatic rings. The Labute approximate surface area is 104 Å².